The highest BCUT2D eigenvalue weighted by atomic mass is 15.3. The number of rotatable bonds is 4. The molecule has 2 aliphatic heterocycles. The van der Waals surface area contributed by atoms with E-state index >= 15 is 0 Å². The van der Waals surface area contributed by atoms with Gasteiger partial charge >= 0.3 is 0 Å². The van der Waals surface area contributed by atoms with Crippen LogP contribution in [0.5, 0.6) is 0 Å². The summed E-state index contributed by atoms with van der Waals surface area (Å²) < 4.78 is 0. The van der Waals surface area contributed by atoms with E-state index in [0.29, 0.717) is 0 Å². The molecule has 8 aromatic carbocycles. The third-order valence-corrected chi connectivity index (χ3v) is 16.0. The van der Waals surface area contributed by atoms with Gasteiger partial charge in [0.2, 0.25) is 0 Å². The van der Waals surface area contributed by atoms with E-state index in [2.05, 4.69) is 183 Å². The number of para-hydroxylation sites is 2. The molecule has 0 aromatic heterocycles. The Morgan fingerprint density at radius 2 is 0.821 bits per heavy atom. The molecule has 2 aliphatic carbocycles. The first-order valence-electron chi connectivity index (χ1n) is 20.9. The molecular weight excluding hydrogens is 677 g/mol. The fourth-order valence-corrected chi connectivity index (χ4v) is 12.7. The van der Waals surface area contributed by atoms with Crippen molar-refractivity contribution in [3.63, 3.8) is 0 Å². The summed E-state index contributed by atoms with van der Waals surface area (Å²) in [5.41, 5.74) is 13.9. The van der Waals surface area contributed by atoms with Crippen LogP contribution < -0.4 is 9.80 Å². The fourth-order valence-electron chi connectivity index (χ4n) is 12.7. The number of benzene rings is 8. The molecule has 0 N–H and O–H groups in total. The highest BCUT2D eigenvalue weighted by molar-refractivity contribution is 6.27. The van der Waals surface area contributed by atoms with Gasteiger partial charge in [-0.05, 0) is 154 Å². The third-order valence-electron chi connectivity index (χ3n) is 16.0. The van der Waals surface area contributed by atoms with E-state index in [4.69, 9.17) is 0 Å². The topological polar surface area (TPSA) is 6.48 Å². The third kappa shape index (κ3) is 3.93. The zero-order valence-corrected chi connectivity index (χ0v) is 33.0. The largest absolute Gasteiger partial charge is 0.334 e. The van der Waals surface area contributed by atoms with Gasteiger partial charge in [-0.25, -0.2) is 0 Å². The Bertz CT molecular complexity index is 2700. The van der Waals surface area contributed by atoms with Crippen molar-refractivity contribution in [3.05, 3.63) is 157 Å². The van der Waals surface area contributed by atoms with Crippen molar-refractivity contribution in [2.45, 2.75) is 88.1 Å². The average molecular weight is 725 g/mol. The molecule has 0 bridgehead atoms. The van der Waals surface area contributed by atoms with Crippen LogP contribution in [-0.2, 0) is 10.8 Å². The fraction of sp³-hybridized carbons (Fsp3) is 0.259. The Morgan fingerprint density at radius 3 is 1.25 bits per heavy atom. The summed E-state index contributed by atoms with van der Waals surface area (Å²) in [5.74, 6) is 0. The highest BCUT2D eigenvalue weighted by Crippen LogP contribution is 2.64. The molecule has 2 saturated carbocycles. The highest BCUT2D eigenvalue weighted by Gasteiger charge is 2.60. The first-order valence-corrected chi connectivity index (χ1v) is 20.9. The van der Waals surface area contributed by atoms with Gasteiger partial charge in [-0.3, -0.25) is 0 Å². The lowest BCUT2D eigenvalue weighted by molar-refractivity contribution is 0.330. The second-order valence-electron chi connectivity index (χ2n) is 18.4. The lowest BCUT2D eigenvalue weighted by Crippen LogP contribution is -2.48. The minimum absolute atomic E-state index is 0.0551. The van der Waals surface area contributed by atoms with Gasteiger partial charge in [-0.2, -0.15) is 0 Å². The van der Waals surface area contributed by atoms with Gasteiger partial charge in [0.25, 0.3) is 0 Å². The predicted molar refractivity (Wildman–Crippen MR) is 237 cm³/mol. The van der Waals surface area contributed by atoms with Crippen LogP contribution in [0.2, 0.25) is 0 Å². The lowest BCUT2D eigenvalue weighted by atomic mass is 9.71. The van der Waals surface area contributed by atoms with Crippen LogP contribution in [0.3, 0.4) is 0 Å². The standard InChI is InChI=1S/C54H48N2/c1-51-29-11-31-53(51,3)55(39-13-7-5-8-14-39)47-27-21-37(33-45(47)51)41-23-17-35-20-26-44-42(24-18-36-19-25-43(41)49(35)50(36)44)38-22-28-48-46(34-38)52(2)30-12-32-54(52,4)56(48)40-15-9-6-10-16-40/h5-10,13-28,33-34H,11-12,29-32H2,1-4H3. The summed E-state index contributed by atoms with van der Waals surface area (Å²) >= 11 is 0. The van der Waals surface area contributed by atoms with E-state index in [0.717, 1.165) is 0 Å². The summed E-state index contributed by atoms with van der Waals surface area (Å²) in [4.78, 5) is 5.33. The van der Waals surface area contributed by atoms with Crippen LogP contribution >= 0.6 is 0 Å². The van der Waals surface area contributed by atoms with Crippen molar-refractivity contribution < 1.29 is 0 Å². The molecule has 4 atom stereocenters. The van der Waals surface area contributed by atoms with Crippen molar-refractivity contribution >= 4 is 55.1 Å². The van der Waals surface area contributed by atoms with Gasteiger partial charge in [0.15, 0.2) is 0 Å². The van der Waals surface area contributed by atoms with E-state index in [9.17, 15) is 0 Å². The van der Waals surface area contributed by atoms with E-state index in [1.807, 2.05) is 0 Å². The van der Waals surface area contributed by atoms with E-state index in [-0.39, 0.29) is 21.9 Å². The first-order chi connectivity index (χ1) is 27.2. The molecule has 0 spiro atoms. The minimum atomic E-state index is 0.0551. The Hall–Kier alpha value is -5.60. The number of fused-ring (bicyclic) bond motifs is 6. The molecule has 2 heteroatoms. The molecule has 0 saturated heterocycles. The summed E-state index contributed by atoms with van der Waals surface area (Å²) in [6.45, 7) is 10.1. The first kappa shape index (κ1) is 32.6. The number of nitrogens with zero attached hydrogens (tertiary/aromatic N) is 2. The monoisotopic (exact) mass is 724 g/mol. The predicted octanol–water partition coefficient (Wildman–Crippen LogP) is 14.6. The van der Waals surface area contributed by atoms with Crippen LogP contribution in [0.15, 0.2) is 146 Å². The molecule has 274 valence electrons. The van der Waals surface area contributed by atoms with Gasteiger partial charge in [0, 0.05) is 33.6 Å². The van der Waals surface area contributed by atoms with Crippen molar-refractivity contribution in [2.75, 3.05) is 9.80 Å². The minimum Gasteiger partial charge on any atom is -0.334 e. The molecule has 4 aliphatic rings. The number of hydrogen-bond acceptors (Lipinski definition) is 2. The zero-order chi connectivity index (χ0) is 37.6. The Morgan fingerprint density at radius 1 is 0.411 bits per heavy atom. The van der Waals surface area contributed by atoms with Gasteiger partial charge < -0.3 is 9.80 Å². The van der Waals surface area contributed by atoms with Crippen LogP contribution in [0.1, 0.15) is 77.3 Å². The smallest absolute Gasteiger partial charge is 0.0517 e. The lowest BCUT2D eigenvalue weighted by Gasteiger charge is -2.42. The van der Waals surface area contributed by atoms with Crippen molar-refractivity contribution in [3.8, 4) is 22.3 Å². The SMILES string of the molecule is CC12CCCC1(C)N(c1ccccc1)c1ccc(-c3ccc4ccc5c(-c6ccc7c(c6)C6(C)CCCC6(C)N7c6ccccc6)ccc6ccc3c4c65)cc12. The molecule has 8 aromatic rings. The molecule has 2 fully saturated rings. The van der Waals surface area contributed by atoms with Gasteiger partial charge in [-0.15, -0.1) is 0 Å². The molecule has 4 unspecified atom stereocenters. The van der Waals surface area contributed by atoms with E-state index in [1.165, 1.54) is 127 Å². The van der Waals surface area contributed by atoms with E-state index in [1.54, 1.807) is 0 Å². The molecule has 12 rings (SSSR count). The second-order valence-corrected chi connectivity index (χ2v) is 18.4. The molecule has 2 heterocycles. The Labute approximate surface area is 330 Å². The molecule has 0 radical (unpaired) electrons. The number of hydrogen-bond donors (Lipinski definition) is 0. The molecule has 56 heavy (non-hydrogen) atoms. The van der Waals surface area contributed by atoms with Crippen LogP contribution in [0.4, 0.5) is 22.7 Å². The van der Waals surface area contributed by atoms with Crippen LogP contribution in [0, 0.1) is 0 Å². The van der Waals surface area contributed by atoms with Crippen molar-refractivity contribution in [2.24, 2.45) is 0 Å². The maximum Gasteiger partial charge on any atom is 0.0517 e. The number of anilines is 4. The van der Waals surface area contributed by atoms with Crippen LogP contribution in [-0.4, -0.2) is 11.1 Å². The second kappa shape index (κ2) is 11.0. The van der Waals surface area contributed by atoms with Crippen molar-refractivity contribution in [1.29, 1.82) is 0 Å². The molecule has 0 amide bonds. The molecular formula is C54H48N2. The van der Waals surface area contributed by atoms with Crippen LogP contribution in [0.25, 0.3) is 54.6 Å². The average Bonchev–Trinajstić information content (AvgIpc) is 3.83. The quantitative estimate of drug-likeness (QED) is 0.167. The normalized spacial score (nSPS) is 26.4. The Kier molecular flexibility index (Phi) is 6.43. The van der Waals surface area contributed by atoms with Gasteiger partial charge in [0.1, 0.15) is 0 Å². The van der Waals surface area contributed by atoms with Crippen molar-refractivity contribution in [1.82, 2.24) is 0 Å². The summed E-state index contributed by atoms with van der Waals surface area (Å²) in [7, 11) is 0. The maximum absolute atomic E-state index is 2.66. The Balaban J connectivity index is 1.02. The van der Waals surface area contributed by atoms with Gasteiger partial charge in [0.05, 0.1) is 11.1 Å². The summed E-state index contributed by atoms with van der Waals surface area (Å²) in [6, 6.07) is 55.9. The molecule has 2 nitrogen and oxygen atoms in total. The zero-order valence-electron chi connectivity index (χ0n) is 33.0. The summed E-state index contributed by atoms with van der Waals surface area (Å²) in [5, 5.41) is 8.08. The van der Waals surface area contributed by atoms with Gasteiger partial charge in [-0.1, -0.05) is 124 Å². The van der Waals surface area contributed by atoms with E-state index < -0.39 is 0 Å². The summed E-state index contributed by atoms with van der Waals surface area (Å²) in [6.07, 6.45) is 7.37. The maximum atomic E-state index is 2.66.